The first-order valence-corrected chi connectivity index (χ1v) is 7.97. The van der Waals surface area contributed by atoms with Crippen LogP contribution >= 0.6 is 11.8 Å². The second-order valence-corrected chi connectivity index (χ2v) is 5.59. The number of hydrogen-bond acceptors (Lipinski definition) is 5. The van der Waals surface area contributed by atoms with Crippen molar-refractivity contribution in [2.75, 3.05) is 11.9 Å². The van der Waals surface area contributed by atoms with E-state index in [2.05, 4.69) is 5.32 Å². The van der Waals surface area contributed by atoms with Crippen LogP contribution in [0.15, 0.2) is 41.0 Å². The predicted octanol–water partition coefficient (Wildman–Crippen LogP) is 4.44. The minimum absolute atomic E-state index is 0.138. The summed E-state index contributed by atoms with van der Waals surface area (Å²) in [5, 5.41) is 14.2. The van der Waals surface area contributed by atoms with Crippen molar-refractivity contribution < 1.29 is 9.34 Å². The van der Waals surface area contributed by atoms with Crippen LogP contribution in [-0.2, 0) is 11.5 Å². The van der Waals surface area contributed by atoms with Gasteiger partial charge in [0.15, 0.2) is 0 Å². The van der Waals surface area contributed by atoms with E-state index in [0.717, 1.165) is 35.8 Å². The Morgan fingerprint density at radius 1 is 1.33 bits per heavy atom. The summed E-state index contributed by atoms with van der Waals surface area (Å²) in [5.41, 5.74) is 1.67. The molecule has 0 aliphatic carbocycles. The van der Waals surface area contributed by atoms with Crippen molar-refractivity contribution in [3.63, 3.8) is 0 Å². The zero-order valence-electron chi connectivity index (χ0n) is 11.9. The van der Waals surface area contributed by atoms with Crippen LogP contribution in [0, 0.1) is 10.1 Å². The molecule has 2 aromatic rings. The molecule has 1 N–H and O–H groups in total. The zero-order chi connectivity index (χ0) is 15.1. The number of anilines is 1. The molecule has 0 saturated heterocycles. The van der Waals surface area contributed by atoms with Crippen molar-refractivity contribution in [3.8, 4) is 0 Å². The number of nitrogens with one attached hydrogen (secondary N) is 1. The Hall–Kier alpha value is -1.95. The van der Waals surface area contributed by atoms with Crippen LogP contribution in [0.2, 0.25) is 0 Å². The summed E-state index contributed by atoms with van der Waals surface area (Å²) in [6, 6.07) is 9.14. The molecule has 2 rings (SSSR count). The van der Waals surface area contributed by atoms with Gasteiger partial charge in [0.1, 0.15) is 11.4 Å². The van der Waals surface area contributed by atoms with Crippen LogP contribution in [0.5, 0.6) is 0 Å². The van der Waals surface area contributed by atoms with E-state index in [0.29, 0.717) is 5.69 Å². The minimum atomic E-state index is -0.335. The lowest BCUT2D eigenvalue weighted by molar-refractivity contribution is -0.384. The highest BCUT2D eigenvalue weighted by Crippen LogP contribution is 2.28. The van der Waals surface area contributed by atoms with Crippen LogP contribution in [0.4, 0.5) is 11.4 Å². The highest BCUT2D eigenvalue weighted by atomic mass is 32.2. The van der Waals surface area contributed by atoms with E-state index >= 15 is 0 Å². The van der Waals surface area contributed by atoms with Gasteiger partial charge < -0.3 is 9.73 Å². The van der Waals surface area contributed by atoms with Gasteiger partial charge >= 0.3 is 0 Å². The molecule has 21 heavy (non-hydrogen) atoms. The van der Waals surface area contributed by atoms with Gasteiger partial charge in [-0.2, -0.15) is 0 Å². The van der Waals surface area contributed by atoms with E-state index in [-0.39, 0.29) is 10.6 Å². The smallest absolute Gasteiger partial charge is 0.292 e. The lowest BCUT2D eigenvalue weighted by Crippen LogP contribution is -2.03. The number of furan rings is 1. The molecule has 112 valence electrons. The van der Waals surface area contributed by atoms with Crippen molar-refractivity contribution in [1.29, 1.82) is 0 Å². The van der Waals surface area contributed by atoms with E-state index < -0.39 is 0 Å². The van der Waals surface area contributed by atoms with Crippen LogP contribution in [0.1, 0.15) is 24.7 Å². The second-order valence-electron chi connectivity index (χ2n) is 4.61. The monoisotopic (exact) mass is 306 g/mol. The molecule has 1 aromatic carbocycles. The van der Waals surface area contributed by atoms with Gasteiger partial charge in [-0.25, -0.2) is 0 Å². The van der Waals surface area contributed by atoms with E-state index in [9.17, 15) is 10.1 Å². The Labute approximate surface area is 127 Å². The largest absolute Gasteiger partial charge is 0.468 e. The number of hydrogen-bond donors (Lipinski definition) is 1. The summed E-state index contributed by atoms with van der Waals surface area (Å²) in [6.45, 7) is 2.76. The molecular weight excluding hydrogens is 288 g/mol. The fraction of sp³-hybridized carbons (Fsp3) is 0.333. The summed E-state index contributed by atoms with van der Waals surface area (Å²) in [6.07, 6.45) is 2.58. The molecule has 0 unspecified atom stereocenters. The molecule has 0 radical (unpaired) electrons. The SMILES string of the molecule is CCCNc1ccc(CSCc2ccco2)cc1[N+](=O)[O-]. The highest BCUT2D eigenvalue weighted by Gasteiger charge is 2.14. The van der Waals surface area contributed by atoms with Gasteiger partial charge in [-0.3, -0.25) is 10.1 Å². The molecule has 1 aromatic heterocycles. The Morgan fingerprint density at radius 3 is 2.86 bits per heavy atom. The van der Waals surface area contributed by atoms with Crippen molar-refractivity contribution in [1.82, 2.24) is 0 Å². The number of nitro groups is 1. The fourth-order valence-corrected chi connectivity index (χ4v) is 2.77. The standard InChI is InChI=1S/C15H18N2O3S/c1-2-7-16-14-6-5-12(9-15(14)17(18)19)10-21-11-13-4-3-8-20-13/h3-6,8-9,16H,2,7,10-11H2,1H3. The third-order valence-electron chi connectivity index (χ3n) is 2.92. The first-order chi connectivity index (χ1) is 10.2. The Kier molecular flexibility index (Phi) is 5.68. The van der Waals surface area contributed by atoms with E-state index in [1.54, 1.807) is 30.2 Å². The lowest BCUT2D eigenvalue weighted by atomic mass is 10.2. The van der Waals surface area contributed by atoms with Gasteiger partial charge in [-0.1, -0.05) is 13.0 Å². The van der Waals surface area contributed by atoms with Crippen molar-refractivity contribution >= 4 is 23.1 Å². The Morgan fingerprint density at radius 2 is 2.19 bits per heavy atom. The van der Waals surface area contributed by atoms with E-state index in [4.69, 9.17) is 4.42 Å². The number of nitrogens with zero attached hydrogens (tertiary/aromatic N) is 1. The molecule has 0 atom stereocenters. The van der Waals surface area contributed by atoms with Gasteiger partial charge in [0.2, 0.25) is 0 Å². The summed E-state index contributed by atoms with van der Waals surface area (Å²) in [5.74, 6) is 2.39. The maximum atomic E-state index is 11.1. The first-order valence-electron chi connectivity index (χ1n) is 6.82. The summed E-state index contributed by atoms with van der Waals surface area (Å²) in [7, 11) is 0. The molecule has 1 heterocycles. The van der Waals surface area contributed by atoms with E-state index in [1.165, 1.54) is 0 Å². The average Bonchev–Trinajstić information content (AvgIpc) is 2.99. The highest BCUT2D eigenvalue weighted by molar-refractivity contribution is 7.97. The summed E-state index contributed by atoms with van der Waals surface area (Å²) >= 11 is 1.67. The first kappa shape index (κ1) is 15.4. The predicted molar refractivity (Wildman–Crippen MR) is 85.6 cm³/mol. The molecule has 0 amide bonds. The molecule has 0 spiro atoms. The second kappa shape index (κ2) is 7.73. The third kappa shape index (κ3) is 4.53. The summed E-state index contributed by atoms with van der Waals surface area (Å²) < 4.78 is 5.26. The maximum absolute atomic E-state index is 11.1. The topological polar surface area (TPSA) is 68.3 Å². The van der Waals surface area contributed by atoms with Crippen LogP contribution < -0.4 is 5.32 Å². The summed E-state index contributed by atoms with van der Waals surface area (Å²) in [4.78, 5) is 10.8. The molecule has 0 fully saturated rings. The zero-order valence-corrected chi connectivity index (χ0v) is 12.7. The van der Waals surface area contributed by atoms with Crippen molar-refractivity contribution in [2.45, 2.75) is 24.9 Å². The van der Waals surface area contributed by atoms with Crippen molar-refractivity contribution in [3.05, 3.63) is 58.0 Å². The molecule has 0 aliphatic heterocycles. The van der Waals surface area contributed by atoms with Crippen LogP contribution in [0.25, 0.3) is 0 Å². The molecule has 0 bridgehead atoms. The maximum Gasteiger partial charge on any atom is 0.292 e. The van der Waals surface area contributed by atoms with E-state index in [1.807, 2.05) is 25.1 Å². The third-order valence-corrected chi connectivity index (χ3v) is 3.94. The molecule has 6 heteroatoms. The average molecular weight is 306 g/mol. The Balaban J connectivity index is 1.99. The van der Waals surface area contributed by atoms with Crippen molar-refractivity contribution in [2.24, 2.45) is 0 Å². The normalized spacial score (nSPS) is 10.5. The number of thioether (sulfide) groups is 1. The van der Waals surface area contributed by atoms with Crippen LogP contribution in [-0.4, -0.2) is 11.5 Å². The molecule has 0 saturated carbocycles. The number of rotatable bonds is 8. The van der Waals surface area contributed by atoms with Gasteiger partial charge in [0, 0.05) is 18.4 Å². The number of benzene rings is 1. The van der Waals surface area contributed by atoms with Crippen LogP contribution in [0.3, 0.4) is 0 Å². The van der Waals surface area contributed by atoms with Gasteiger partial charge in [0.25, 0.3) is 5.69 Å². The number of nitro benzene ring substituents is 1. The lowest BCUT2D eigenvalue weighted by Gasteiger charge is -2.07. The van der Waals surface area contributed by atoms with Gasteiger partial charge in [0.05, 0.1) is 16.9 Å². The minimum Gasteiger partial charge on any atom is -0.468 e. The quantitative estimate of drug-likeness (QED) is 0.576. The Bertz CT molecular complexity index is 585. The van der Waals surface area contributed by atoms with Gasteiger partial charge in [-0.15, -0.1) is 11.8 Å². The van der Waals surface area contributed by atoms with Gasteiger partial charge in [-0.05, 0) is 30.2 Å². The molecule has 5 nitrogen and oxygen atoms in total. The fourth-order valence-electron chi connectivity index (χ4n) is 1.89. The molecule has 0 aliphatic rings. The molecular formula is C15H18N2O3S.